The van der Waals surface area contributed by atoms with Gasteiger partial charge in [0.1, 0.15) is 5.69 Å². The first-order valence-corrected chi connectivity index (χ1v) is 6.78. The normalized spacial score (nSPS) is 26.6. The van der Waals surface area contributed by atoms with Crippen LogP contribution in [-0.4, -0.2) is 34.0 Å². The number of nitrogens with zero attached hydrogens (tertiary/aromatic N) is 2. The molecular weight excluding hydrogens is 274 g/mol. The molecule has 2 heterocycles. The molecule has 2 atom stereocenters. The number of fused-ring (bicyclic) bond motifs is 2. The summed E-state index contributed by atoms with van der Waals surface area (Å²) in [4.78, 5) is 29.0. The Hall–Kier alpha value is -2.48. The molecule has 2 fully saturated rings. The van der Waals surface area contributed by atoms with E-state index in [9.17, 15) is 14.9 Å². The summed E-state index contributed by atoms with van der Waals surface area (Å²) in [5.41, 5.74) is 0.432. The number of rotatable bonds is 3. The number of aromatic nitrogens is 2. The van der Waals surface area contributed by atoms with Gasteiger partial charge in [0.05, 0.1) is 22.2 Å². The Labute approximate surface area is 118 Å². The van der Waals surface area contributed by atoms with Crippen molar-refractivity contribution in [1.29, 1.82) is 0 Å². The molecule has 0 radical (unpaired) electrons. The number of hydrogen-bond acceptors (Lipinski definition) is 6. The van der Waals surface area contributed by atoms with E-state index < -0.39 is 4.92 Å². The zero-order valence-corrected chi connectivity index (χ0v) is 11.0. The van der Waals surface area contributed by atoms with Gasteiger partial charge < -0.3 is 15.6 Å². The minimum Gasteiger partial charge on any atom is -0.376 e. The molecule has 1 saturated carbocycles. The van der Waals surface area contributed by atoms with Gasteiger partial charge in [-0.05, 0) is 17.9 Å². The summed E-state index contributed by atoms with van der Waals surface area (Å²) in [5.74, 6) is 1.07. The van der Waals surface area contributed by atoms with Crippen LogP contribution < -0.4 is 16.2 Å². The van der Waals surface area contributed by atoms with Crippen LogP contribution in [0.3, 0.4) is 0 Å². The van der Waals surface area contributed by atoms with Gasteiger partial charge in [-0.15, -0.1) is 0 Å². The lowest BCUT2D eigenvalue weighted by molar-refractivity contribution is -0.383. The Morgan fingerprint density at radius 2 is 2.10 bits per heavy atom. The van der Waals surface area contributed by atoms with Crippen molar-refractivity contribution in [1.82, 2.24) is 15.3 Å². The van der Waals surface area contributed by atoms with Crippen LogP contribution in [0, 0.1) is 22.0 Å². The van der Waals surface area contributed by atoms with Gasteiger partial charge in [0.15, 0.2) is 0 Å². The summed E-state index contributed by atoms with van der Waals surface area (Å²) >= 11 is 0. The number of piperidine rings is 1. The second-order valence-corrected chi connectivity index (χ2v) is 5.53. The Balaban J connectivity index is 1.77. The highest BCUT2D eigenvalue weighted by atomic mass is 16.6. The average Bonchev–Trinajstić information content (AvgIpc) is 2.89. The Bertz CT molecular complexity index is 792. The van der Waals surface area contributed by atoms with Crippen LogP contribution in [0.1, 0.15) is 0 Å². The molecule has 2 unspecified atom stereocenters. The molecule has 0 spiro atoms. The lowest BCUT2D eigenvalue weighted by Crippen LogP contribution is -2.21. The van der Waals surface area contributed by atoms with Gasteiger partial charge >= 0.3 is 0 Å². The van der Waals surface area contributed by atoms with Crippen molar-refractivity contribution in [3.8, 4) is 0 Å². The second-order valence-electron chi connectivity index (χ2n) is 5.53. The molecule has 0 amide bonds. The van der Waals surface area contributed by atoms with Gasteiger partial charge in [0.25, 0.3) is 11.2 Å². The van der Waals surface area contributed by atoms with Crippen molar-refractivity contribution in [2.24, 2.45) is 11.8 Å². The largest absolute Gasteiger partial charge is 0.376 e. The van der Waals surface area contributed by atoms with E-state index in [0.29, 0.717) is 23.0 Å². The molecule has 0 bridgehead atoms. The zero-order valence-electron chi connectivity index (χ0n) is 11.0. The number of benzene rings is 1. The fourth-order valence-corrected chi connectivity index (χ4v) is 3.18. The summed E-state index contributed by atoms with van der Waals surface area (Å²) in [5, 5.41) is 18.0. The SMILES string of the molecule is O=c1[nH]cnc2cc(NC3C4CNCC43)c([N+](=O)[O-])cc12. The predicted molar refractivity (Wildman–Crippen MR) is 76.3 cm³/mol. The van der Waals surface area contributed by atoms with E-state index in [2.05, 4.69) is 20.6 Å². The number of aromatic amines is 1. The van der Waals surface area contributed by atoms with E-state index in [1.54, 1.807) is 6.07 Å². The van der Waals surface area contributed by atoms with Crippen LogP contribution in [0.15, 0.2) is 23.3 Å². The molecule has 108 valence electrons. The maximum Gasteiger partial charge on any atom is 0.293 e. The molecule has 4 rings (SSSR count). The smallest absolute Gasteiger partial charge is 0.293 e. The first-order chi connectivity index (χ1) is 10.1. The van der Waals surface area contributed by atoms with E-state index in [1.807, 2.05) is 0 Å². The van der Waals surface area contributed by atoms with Crippen LogP contribution in [0.5, 0.6) is 0 Å². The average molecular weight is 287 g/mol. The fraction of sp³-hybridized carbons (Fsp3) is 0.385. The number of H-pyrrole nitrogens is 1. The summed E-state index contributed by atoms with van der Waals surface area (Å²) < 4.78 is 0. The lowest BCUT2D eigenvalue weighted by Gasteiger charge is -2.10. The van der Waals surface area contributed by atoms with Gasteiger partial charge in [0, 0.05) is 25.2 Å². The molecule has 8 heteroatoms. The molecule has 1 aliphatic heterocycles. The highest BCUT2D eigenvalue weighted by molar-refractivity contribution is 5.86. The quantitative estimate of drug-likeness (QED) is 0.558. The topological polar surface area (TPSA) is 113 Å². The minimum atomic E-state index is -0.468. The van der Waals surface area contributed by atoms with Crippen molar-refractivity contribution in [2.75, 3.05) is 18.4 Å². The second kappa shape index (κ2) is 4.26. The minimum absolute atomic E-state index is 0.0843. The summed E-state index contributed by atoms with van der Waals surface area (Å²) in [6, 6.07) is 3.15. The Kier molecular flexibility index (Phi) is 2.49. The van der Waals surface area contributed by atoms with Crippen molar-refractivity contribution in [3.63, 3.8) is 0 Å². The fourth-order valence-electron chi connectivity index (χ4n) is 3.18. The Morgan fingerprint density at radius 3 is 2.81 bits per heavy atom. The van der Waals surface area contributed by atoms with E-state index in [0.717, 1.165) is 13.1 Å². The highest BCUT2D eigenvalue weighted by Gasteiger charge is 2.53. The van der Waals surface area contributed by atoms with Gasteiger partial charge in [-0.2, -0.15) is 0 Å². The molecule has 3 N–H and O–H groups in total. The molecular formula is C13H13N5O3. The third-order valence-corrected chi connectivity index (χ3v) is 4.37. The lowest BCUT2D eigenvalue weighted by atomic mass is 10.2. The van der Waals surface area contributed by atoms with E-state index >= 15 is 0 Å². The monoisotopic (exact) mass is 287 g/mol. The van der Waals surface area contributed by atoms with Crippen LogP contribution in [0.25, 0.3) is 10.9 Å². The van der Waals surface area contributed by atoms with Gasteiger partial charge in [-0.1, -0.05) is 0 Å². The van der Waals surface area contributed by atoms with Crippen LogP contribution in [0.2, 0.25) is 0 Å². The van der Waals surface area contributed by atoms with Gasteiger partial charge in [-0.3, -0.25) is 14.9 Å². The number of nitro benzene ring substituents is 1. The van der Waals surface area contributed by atoms with Crippen molar-refractivity contribution in [3.05, 3.63) is 38.9 Å². The van der Waals surface area contributed by atoms with Crippen molar-refractivity contribution < 1.29 is 4.92 Å². The predicted octanol–water partition coefficient (Wildman–Crippen LogP) is 0.461. The van der Waals surface area contributed by atoms with Gasteiger partial charge in [0.2, 0.25) is 0 Å². The summed E-state index contributed by atoms with van der Waals surface area (Å²) in [6.07, 6.45) is 1.30. The molecule has 2 aliphatic rings. The first kappa shape index (κ1) is 12.3. The van der Waals surface area contributed by atoms with E-state index in [4.69, 9.17) is 0 Å². The molecule has 21 heavy (non-hydrogen) atoms. The first-order valence-electron chi connectivity index (χ1n) is 6.78. The maximum atomic E-state index is 11.7. The van der Waals surface area contributed by atoms with E-state index in [-0.39, 0.29) is 22.7 Å². The third kappa shape index (κ3) is 1.87. The summed E-state index contributed by atoms with van der Waals surface area (Å²) in [6.45, 7) is 1.89. The van der Waals surface area contributed by atoms with E-state index in [1.165, 1.54) is 12.4 Å². The number of anilines is 1. The van der Waals surface area contributed by atoms with Gasteiger partial charge in [-0.25, -0.2) is 4.98 Å². The summed E-state index contributed by atoms with van der Waals surface area (Å²) in [7, 11) is 0. The van der Waals surface area contributed by atoms with Crippen LogP contribution >= 0.6 is 0 Å². The van der Waals surface area contributed by atoms with Crippen LogP contribution in [-0.2, 0) is 0 Å². The molecule has 1 aromatic heterocycles. The third-order valence-electron chi connectivity index (χ3n) is 4.37. The highest BCUT2D eigenvalue weighted by Crippen LogP contribution is 2.45. The molecule has 1 aliphatic carbocycles. The molecule has 1 saturated heterocycles. The van der Waals surface area contributed by atoms with Crippen molar-refractivity contribution in [2.45, 2.75) is 6.04 Å². The Morgan fingerprint density at radius 1 is 1.33 bits per heavy atom. The van der Waals surface area contributed by atoms with Crippen LogP contribution in [0.4, 0.5) is 11.4 Å². The number of nitro groups is 1. The maximum absolute atomic E-state index is 11.7. The molecule has 1 aromatic carbocycles. The zero-order chi connectivity index (χ0) is 14.6. The molecule has 2 aromatic rings. The molecule has 8 nitrogen and oxygen atoms in total. The number of nitrogens with one attached hydrogen (secondary N) is 3. The van der Waals surface area contributed by atoms with Crippen molar-refractivity contribution >= 4 is 22.3 Å². The standard InChI is InChI=1S/C13H13N5O3/c19-13-6-1-11(18(20)21)10(2-9(6)15-5-16-13)17-12-7-3-14-4-8(7)12/h1-2,5,7-8,12,14,17H,3-4H2,(H,15,16,19). The number of hydrogen-bond donors (Lipinski definition) is 3.